The minimum atomic E-state index is -1.04. The normalized spacial score (nSPS) is 14.9. The van der Waals surface area contributed by atoms with E-state index in [2.05, 4.69) is 39.9 Å². The van der Waals surface area contributed by atoms with Crippen LogP contribution in [0.4, 0.5) is 27.1 Å². The number of anilines is 4. The van der Waals surface area contributed by atoms with E-state index in [1.54, 1.807) is 36.5 Å². The molecule has 0 atom stereocenters. The van der Waals surface area contributed by atoms with Crippen LogP contribution < -0.4 is 14.5 Å². The second kappa shape index (κ2) is 7.51. The number of methoxy groups -OCH3 is 1. The van der Waals surface area contributed by atoms with Gasteiger partial charge >= 0.3 is 5.97 Å². The number of halogens is 1. The maximum atomic E-state index is 13.7. The van der Waals surface area contributed by atoms with Crippen molar-refractivity contribution >= 4 is 39.6 Å². The third kappa shape index (κ3) is 3.44. The number of ether oxygens (including phenoxy) is 1. The van der Waals surface area contributed by atoms with Crippen LogP contribution in [-0.4, -0.2) is 40.5 Å². The summed E-state index contributed by atoms with van der Waals surface area (Å²) < 4.78 is 19.0. The van der Waals surface area contributed by atoms with E-state index < -0.39 is 5.97 Å². The summed E-state index contributed by atoms with van der Waals surface area (Å²) >= 11 is 0. The lowest BCUT2D eigenvalue weighted by Crippen LogP contribution is -2.52. The van der Waals surface area contributed by atoms with Crippen LogP contribution in [0.1, 0.15) is 24.2 Å². The predicted molar refractivity (Wildman–Crippen MR) is 126 cm³/mol. The van der Waals surface area contributed by atoms with Gasteiger partial charge in [-0.05, 0) is 62.4 Å². The smallest absolute Gasteiger partial charge is 0.339 e. The van der Waals surface area contributed by atoms with E-state index in [1.165, 1.54) is 19.2 Å². The van der Waals surface area contributed by atoms with Gasteiger partial charge in [0.1, 0.15) is 17.1 Å². The molecule has 1 aromatic heterocycles. The number of benzene rings is 3. The lowest BCUT2D eigenvalue weighted by Gasteiger charge is -2.50. The predicted octanol–water partition coefficient (Wildman–Crippen LogP) is 5.48. The third-order valence-electron chi connectivity index (χ3n) is 6.03. The number of fused-ring (bicyclic) bond motifs is 2. The topological polar surface area (TPSA) is 81.7 Å². The number of hydrogen-bond donors (Lipinski definition) is 2. The van der Waals surface area contributed by atoms with Crippen molar-refractivity contribution in [2.45, 2.75) is 19.4 Å². The van der Waals surface area contributed by atoms with E-state index >= 15 is 0 Å². The first-order chi connectivity index (χ1) is 15.8. The molecule has 8 heteroatoms. The summed E-state index contributed by atoms with van der Waals surface area (Å²) in [5.74, 6) is -1.03. The average molecular weight is 446 g/mol. The molecule has 168 valence electrons. The Morgan fingerprint density at radius 2 is 1.82 bits per heavy atom. The fraction of sp³-hybridized carbons (Fsp3) is 0.200. The van der Waals surface area contributed by atoms with Gasteiger partial charge in [-0.15, -0.1) is 0 Å². The van der Waals surface area contributed by atoms with Gasteiger partial charge < -0.3 is 19.6 Å². The summed E-state index contributed by atoms with van der Waals surface area (Å²) in [5.41, 5.74) is 4.14. The summed E-state index contributed by atoms with van der Waals surface area (Å²) in [6, 6.07) is 15.7. The molecule has 7 nitrogen and oxygen atoms in total. The number of rotatable bonds is 4. The highest BCUT2D eigenvalue weighted by atomic mass is 19.1. The van der Waals surface area contributed by atoms with Crippen LogP contribution in [0, 0.1) is 5.82 Å². The number of nitrogens with one attached hydrogen (secondary N) is 1. The Labute approximate surface area is 190 Å². The molecule has 0 unspecified atom stereocenters. The molecular weight excluding hydrogens is 423 g/mol. The highest BCUT2D eigenvalue weighted by Gasteiger charge is 2.39. The molecule has 0 aliphatic carbocycles. The molecule has 0 spiro atoms. The van der Waals surface area contributed by atoms with Crippen LogP contribution in [0.15, 0.2) is 60.8 Å². The minimum absolute atomic E-state index is 0.106. The molecule has 0 radical (unpaired) electrons. The number of carbonyl (C=O) groups is 1. The first-order valence-corrected chi connectivity index (χ1v) is 10.5. The zero-order valence-electron chi connectivity index (χ0n) is 18.5. The fourth-order valence-corrected chi connectivity index (χ4v) is 4.57. The van der Waals surface area contributed by atoms with Crippen LogP contribution in [0.2, 0.25) is 0 Å². The maximum Gasteiger partial charge on any atom is 0.339 e. The number of aromatic carboxylic acids is 1. The number of nitrogens with zero attached hydrogens (tertiary/aromatic N) is 3. The van der Waals surface area contributed by atoms with Crippen molar-refractivity contribution in [2.75, 3.05) is 23.5 Å². The number of aromatic nitrogens is 2. The molecule has 0 saturated heterocycles. The molecule has 0 fully saturated rings. The van der Waals surface area contributed by atoms with Crippen molar-refractivity contribution < 1.29 is 19.0 Å². The van der Waals surface area contributed by atoms with Gasteiger partial charge in [-0.25, -0.2) is 9.18 Å². The monoisotopic (exact) mass is 446 g/mol. The van der Waals surface area contributed by atoms with E-state index in [-0.39, 0.29) is 16.9 Å². The summed E-state index contributed by atoms with van der Waals surface area (Å²) in [7, 11) is 1.46. The number of aromatic amines is 1. The summed E-state index contributed by atoms with van der Waals surface area (Å²) in [4.78, 5) is 15.9. The van der Waals surface area contributed by atoms with Gasteiger partial charge in [0.15, 0.2) is 0 Å². The van der Waals surface area contributed by atoms with Crippen molar-refractivity contribution in [2.24, 2.45) is 0 Å². The van der Waals surface area contributed by atoms with Crippen molar-refractivity contribution in [3.63, 3.8) is 0 Å². The minimum Gasteiger partial charge on any atom is -0.496 e. The molecule has 33 heavy (non-hydrogen) atoms. The molecule has 3 aromatic carbocycles. The summed E-state index contributed by atoms with van der Waals surface area (Å²) in [6.45, 7) is 4.83. The van der Waals surface area contributed by atoms with Crippen LogP contribution in [-0.2, 0) is 0 Å². The molecule has 0 bridgehead atoms. The first-order valence-electron chi connectivity index (χ1n) is 10.5. The summed E-state index contributed by atoms with van der Waals surface area (Å²) in [5, 5.41) is 17.6. The van der Waals surface area contributed by atoms with Gasteiger partial charge in [-0.2, -0.15) is 5.10 Å². The van der Waals surface area contributed by atoms with Crippen molar-refractivity contribution in [3.8, 4) is 5.75 Å². The van der Waals surface area contributed by atoms with Gasteiger partial charge in [0.25, 0.3) is 0 Å². The molecule has 1 aliphatic rings. The molecule has 0 saturated carbocycles. The van der Waals surface area contributed by atoms with Crippen LogP contribution in [0.3, 0.4) is 0 Å². The standard InChI is InChI=1S/C25H23FN4O3/c1-25(2)14-29(18-8-9-19(24(31)32)23(11-18)33-3)21-12-20-15(13-27-28-20)10-22(21)30(25)17-6-4-16(26)5-7-17/h4-13H,14H2,1-3H3,(H,27,28)(H,31,32). The van der Waals surface area contributed by atoms with Crippen LogP contribution in [0.5, 0.6) is 5.75 Å². The van der Waals surface area contributed by atoms with Crippen LogP contribution in [0.25, 0.3) is 10.9 Å². The van der Waals surface area contributed by atoms with Gasteiger partial charge in [0.05, 0.1) is 35.7 Å². The fourth-order valence-electron chi connectivity index (χ4n) is 4.57. The van der Waals surface area contributed by atoms with Crippen molar-refractivity contribution in [3.05, 3.63) is 72.2 Å². The molecule has 1 aliphatic heterocycles. The molecule has 5 rings (SSSR count). The Morgan fingerprint density at radius 3 is 2.52 bits per heavy atom. The molecule has 4 aromatic rings. The lowest BCUT2D eigenvalue weighted by atomic mass is 9.93. The SMILES string of the molecule is COc1cc(N2CC(C)(C)N(c3ccc(F)cc3)c3cc4cn[nH]c4cc32)ccc1C(=O)O. The molecule has 2 N–H and O–H groups in total. The van der Waals surface area contributed by atoms with Gasteiger partial charge in [-0.1, -0.05) is 0 Å². The summed E-state index contributed by atoms with van der Waals surface area (Å²) in [6.07, 6.45) is 1.77. The zero-order chi connectivity index (χ0) is 23.3. The van der Waals surface area contributed by atoms with E-state index in [4.69, 9.17) is 4.74 Å². The second-order valence-electron chi connectivity index (χ2n) is 8.70. The third-order valence-corrected chi connectivity index (χ3v) is 6.03. The molecule has 0 amide bonds. The number of carboxylic acid groups (broad SMARTS) is 1. The lowest BCUT2D eigenvalue weighted by molar-refractivity contribution is 0.0693. The van der Waals surface area contributed by atoms with Gasteiger partial charge in [0.2, 0.25) is 0 Å². The number of H-pyrrole nitrogens is 1. The quantitative estimate of drug-likeness (QED) is 0.432. The molecule has 2 heterocycles. The van der Waals surface area contributed by atoms with E-state index in [1.807, 2.05) is 6.07 Å². The Morgan fingerprint density at radius 1 is 1.09 bits per heavy atom. The highest BCUT2D eigenvalue weighted by Crippen LogP contribution is 2.48. The van der Waals surface area contributed by atoms with Crippen molar-refractivity contribution in [1.82, 2.24) is 10.2 Å². The van der Waals surface area contributed by atoms with Gasteiger partial charge in [0, 0.05) is 29.4 Å². The molecular formula is C25H23FN4O3. The second-order valence-corrected chi connectivity index (χ2v) is 8.70. The number of carboxylic acids is 1. The van der Waals surface area contributed by atoms with Crippen molar-refractivity contribution in [1.29, 1.82) is 0 Å². The Balaban J connectivity index is 1.72. The zero-order valence-corrected chi connectivity index (χ0v) is 18.5. The highest BCUT2D eigenvalue weighted by molar-refractivity contribution is 5.96. The van der Waals surface area contributed by atoms with E-state index in [0.717, 1.165) is 33.7 Å². The average Bonchev–Trinajstić information content (AvgIpc) is 3.25. The number of hydrogen-bond acceptors (Lipinski definition) is 5. The van der Waals surface area contributed by atoms with E-state index in [9.17, 15) is 14.3 Å². The Bertz CT molecular complexity index is 1360. The van der Waals surface area contributed by atoms with E-state index in [0.29, 0.717) is 12.3 Å². The Hall–Kier alpha value is -4.07. The largest absolute Gasteiger partial charge is 0.496 e. The van der Waals surface area contributed by atoms with Crippen LogP contribution >= 0.6 is 0 Å². The maximum absolute atomic E-state index is 13.7. The Kier molecular flexibility index (Phi) is 4.74. The first kappa shape index (κ1) is 20.8. The van der Waals surface area contributed by atoms with Gasteiger partial charge in [-0.3, -0.25) is 5.10 Å².